The van der Waals surface area contributed by atoms with Crippen LogP contribution in [0.15, 0.2) is 36.4 Å². The van der Waals surface area contributed by atoms with Crippen LogP contribution in [-0.4, -0.2) is 69.7 Å². The summed E-state index contributed by atoms with van der Waals surface area (Å²) in [6.45, 7) is 0.283. The van der Waals surface area contributed by atoms with Gasteiger partial charge in [0.15, 0.2) is 15.7 Å². The maximum Gasteiger partial charge on any atom is 0.408 e. The lowest BCUT2D eigenvalue weighted by Gasteiger charge is -2.26. The first kappa shape index (κ1) is 48.3. The summed E-state index contributed by atoms with van der Waals surface area (Å²) >= 11 is 8.42. The molecular weight excluding hydrogens is 1070 g/mol. The highest BCUT2D eigenvalue weighted by Crippen LogP contribution is 2.68. The highest BCUT2D eigenvalue weighted by molar-refractivity contribution is 14.1. The van der Waals surface area contributed by atoms with Crippen LogP contribution in [0.3, 0.4) is 0 Å². The molecule has 12 nitrogen and oxygen atoms in total. The van der Waals surface area contributed by atoms with E-state index < -0.39 is 121 Å². The number of fused-ring (bicyclic) bond motifs is 4. The molecule has 0 bridgehead atoms. The first-order valence-electron chi connectivity index (χ1n) is 20.2. The van der Waals surface area contributed by atoms with E-state index >= 15 is 8.78 Å². The zero-order valence-corrected chi connectivity index (χ0v) is 39.3. The number of carbonyl (C=O) groups is 1. The van der Waals surface area contributed by atoms with Crippen molar-refractivity contribution in [1.82, 2.24) is 29.9 Å². The van der Waals surface area contributed by atoms with E-state index in [1.54, 1.807) is 13.8 Å². The number of nitrogens with one attached hydrogen (secondary N) is 2. The molecule has 3 atom stereocenters. The molecule has 0 saturated heterocycles. The lowest BCUT2D eigenvalue weighted by Crippen LogP contribution is -2.36. The van der Waals surface area contributed by atoms with Gasteiger partial charge in [0.2, 0.25) is 15.9 Å². The number of nitrogens with zero attached hydrogens (tertiary/aromatic N) is 5. The number of rotatable bonds is 16. The van der Waals surface area contributed by atoms with E-state index in [9.17, 15) is 52.4 Å². The molecule has 0 spiro atoms. The zero-order valence-electron chi connectivity index (χ0n) is 34.8. The van der Waals surface area contributed by atoms with Gasteiger partial charge in [-0.25, -0.2) is 34.4 Å². The summed E-state index contributed by atoms with van der Waals surface area (Å²) in [7, 11) is -7.81. The van der Waals surface area contributed by atoms with E-state index in [-0.39, 0.29) is 68.8 Å². The van der Waals surface area contributed by atoms with Gasteiger partial charge in [-0.1, -0.05) is 17.7 Å². The van der Waals surface area contributed by atoms with Gasteiger partial charge in [-0.15, -0.1) is 0 Å². The first-order chi connectivity index (χ1) is 30.6. The normalized spacial score (nSPS) is 18.7. The van der Waals surface area contributed by atoms with Crippen LogP contribution in [0.4, 0.5) is 45.3 Å². The molecule has 0 radical (unpaired) electrons. The summed E-state index contributed by atoms with van der Waals surface area (Å²) < 4.78 is 186. The van der Waals surface area contributed by atoms with Gasteiger partial charge in [-0.05, 0) is 111 Å². The molecule has 1 amide bonds. The van der Waals surface area contributed by atoms with E-state index in [0.717, 1.165) is 18.4 Å². The second kappa shape index (κ2) is 16.8. The molecule has 2 saturated carbocycles. The SMILES string of the molecule is CC(C)(CCc1nc([C@H](Cc2cc(F)cc(F)c2)NC(=O)Cn2nc(C(F)F)c3c2C(F)(F)[C@@H]2C[C@H]32)c(-c2ccc(Cl)c3c(NS(C)(=O)=O)nn(CC(F)(F)F)c23)cc1I)S(=O)(=O)C1CC1. The average Bonchev–Trinajstić information content (AvgIpc) is 4.10. The second-order valence-corrected chi connectivity index (χ2v) is 23.6. The minimum atomic E-state index is -4.94. The molecule has 2 aromatic carbocycles. The zero-order chi connectivity index (χ0) is 48.2. The third kappa shape index (κ3) is 9.35. The fourth-order valence-electron chi connectivity index (χ4n) is 8.75. The fraction of sp³-hybridized carbons (Fsp3) is 0.463. The Hall–Kier alpha value is -4.17. The van der Waals surface area contributed by atoms with Crippen molar-refractivity contribution < 1.29 is 61.1 Å². The van der Waals surface area contributed by atoms with Crippen molar-refractivity contribution in [2.75, 3.05) is 11.0 Å². The number of aryl methyl sites for hydroxylation is 1. The van der Waals surface area contributed by atoms with Crippen molar-refractivity contribution in [1.29, 1.82) is 0 Å². The molecule has 3 heterocycles. The molecule has 3 aliphatic carbocycles. The average molecular weight is 1110 g/mol. The summed E-state index contributed by atoms with van der Waals surface area (Å²) in [5, 5.41) is 9.21. The molecule has 3 aromatic heterocycles. The predicted octanol–water partition coefficient (Wildman–Crippen LogP) is 9.30. The molecule has 66 heavy (non-hydrogen) atoms. The van der Waals surface area contributed by atoms with E-state index in [1.807, 2.05) is 22.6 Å². The van der Waals surface area contributed by atoms with Gasteiger partial charge in [0, 0.05) is 32.2 Å². The molecule has 2 N–H and O–H groups in total. The monoisotopic (exact) mass is 1110 g/mol. The maximum atomic E-state index is 15.6. The Labute approximate surface area is 390 Å². The van der Waals surface area contributed by atoms with Gasteiger partial charge in [-0.3, -0.25) is 23.9 Å². The van der Waals surface area contributed by atoms with Crippen LogP contribution in [0.2, 0.25) is 5.02 Å². The van der Waals surface area contributed by atoms with Crippen LogP contribution in [0.5, 0.6) is 0 Å². The Balaban J connectivity index is 1.32. The number of halogens is 11. The molecule has 3 aliphatic rings. The largest absolute Gasteiger partial charge is 0.408 e. The van der Waals surface area contributed by atoms with Crippen molar-refractivity contribution in [2.24, 2.45) is 5.92 Å². The van der Waals surface area contributed by atoms with Gasteiger partial charge < -0.3 is 5.32 Å². The van der Waals surface area contributed by atoms with Crippen molar-refractivity contribution in [3.05, 3.63) is 90.5 Å². The third-order valence-corrected chi connectivity index (χ3v) is 16.9. The number of carbonyl (C=O) groups excluding carboxylic acids is 1. The summed E-state index contributed by atoms with van der Waals surface area (Å²) in [5.74, 6) is -9.53. The van der Waals surface area contributed by atoms with E-state index in [0.29, 0.717) is 31.8 Å². The summed E-state index contributed by atoms with van der Waals surface area (Å²) in [6.07, 6.45) is -7.08. The Kier molecular flexibility index (Phi) is 12.3. The minimum absolute atomic E-state index is 0.0108. The van der Waals surface area contributed by atoms with Gasteiger partial charge >= 0.3 is 6.18 Å². The number of benzene rings is 2. The van der Waals surface area contributed by atoms with Gasteiger partial charge in [0.1, 0.15) is 36.1 Å². The number of sulfone groups is 1. The summed E-state index contributed by atoms with van der Waals surface area (Å²) in [5.41, 5.74) is -2.72. The smallest absolute Gasteiger partial charge is 0.346 e. The summed E-state index contributed by atoms with van der Waals surface area (Å²) in [4.78, 5) is 19.1. The molecule has 0 aliphatic heterocycles. The van der Waals surface area contributed by atoms with Crippen molar-refractivity contribution in [2.45, 2.75) is 106 Å². The number of sulfonamides is 1. The Morgan fingerprint density at radius 3 is 2.26 bits per heavy atom. The van der Waals surface area contributed by atoms with Crippen LogP contribution in [-0.2, 0) is 56.5 Å². The molecule has 2 fully saturated rings. The van der Waals surface area contributed by atoms with Gasteiger partial charge in [0.05, 0.1) is 49.6 Å². The van der Waals surface area contributed by atoms with Crippen LogP contribution in [0.1, 0.15) is 91.8 Å². The first-order valence-corrected chi connectivity index (χ1v) is 25.1. The lowest BCUT2D eigenvalue weighted by atomic mass is 9.93. The molecule has 356 valence electrons. The lowest BCUT2D eigenvalue weighted by molar-refractivity contribution is -0.141. The number of hydrogen-bond acceptors (Lipinski definition) is 8. The van der Waals surface area contributed by atoms with Gasteiger partial charge in [-0.2, -0.15) is 32.1 Å². The Morgan fingerprint density at radius 2 is 1.65 bits per heavy atom. The number of pyridine rings is 1. The number of hydrogen-bond donors (Lipinski definition) is 2. The van der Waals surface area contributed by atoms with Crippen molar-refractivity contribution in [3.8, 4) is 11.1 Å². The minimum Gasteiger partial charge on any atom is -0.346 e. The van der Waals surface area contributed by atoms with Crippen LogP contribution < -0.4 is 10.0 Å². The molecule has 5 aromatic rings. The van der Waals surface area contributed by atoms with E-state index in [4.69, 9.17) is 16.6 Å². The Morgan fingerprint density at radius 1 is 0.985 bits per heavy atom. The summed E-state index contributed by atoms with van der Waals surface area (Å²) in [6, 6.07) is 4.82. The second-order valence-electron chi connectivity index (χ2n) is 17.4. The molecular formula is C41H38ClF9IN7O5S2. The molecule has 8 rings (SSSR count). The molecule has 25 heteroatoms. The fourth-order valence-corrected chi connectivity index (χ4v) is 12.2. The van der Waals surface area contributed by atoms with Crippen molar-refractivity contribution >= 4 is 76.7 Å². The van der Waals surface area contributed by atoms with Crippen LogP contribution in [0, 0.1) is 21.1 Å². The highest BCUT2D eigenvalue weighted by Gasteiger charge is 2.67. The van der Waals surface area contributed by atoms with Crippen LogP contribution >= 0.6 is 34.2 Å². The topological polar surface area (TPSA) is 158 Å². The third-order valence-electron chi connectivity index (χ3n) is 12.0. The van der Waals surface area contributed by atoms with Gasteiger partial charge in [0.25, 0.3) is 12.3 Å². The number of alkyl halides is 7. The number of amides is 1. The Bertz CT molecular complexity index is 3010. The van der Waals surface area contributed by atoms with Crippen molar-refractivity contribution in [3.63, 3.8) is 0 Å². The quantitative estimate of drug-likeness (QED) is 0.0732. The van der Waals surface area contributed by atoms with E-state index in [1.165, 1.54) is 18.2 Å². The maximum absolute atomic E-state index is 15.6. The number of aromatic nitrogens is 5. The van der Waals surface area contributed by atoms with E-state index in [2.05, 4.69) is 20.2 Å². The predicted molar refractivity (Wildman–Crippen MR) is 232 cm³/mol. The molecule has 0 unspecified atom stereocenters. The van der Waals surface area contributed by atoms with Crippen LogP contribution in [0.25, 0.3) is 22.0 Å². The standard InChI is InChI=1S/C41H38ClF9IN7O5S2/c1-39(2,66(63,64)21-4-5-21)9-8-28-27(52)15-23(22-6-7-26(42)32-35(22)59(17-40(47,48)49)56-38(32)57-65(3,61)62)33(54-28)29(12-18-10-19(43)13-20(44)11-18)53-30(60)16-58-36-31(34(55-58)37(45)46)24-14-25(24)41(36,50)51/h6-7,10-11,13,15,21,24-25,29,37H,4-5,8-9,12,14,16-17H2,1-3H3,(H,53,60)(H,56,57)/t24-,25+,29-/m0/s1. The number of anilines is 1. The highest BCUT2D eigenvalue weighted by atomic mass is 127.